The van der Waals surface area contributed by atoms with Gasteiger partial charge in [-0.1, -0.05) is 0 Å². The van der Waals surface area contributed by atoms with Crippen molar-refractivity contribution >= 4 is 0 Å². The van der Waals surface area contributed by atoms with E-state index in [1.165, 1.54) is 10.8 Å². The molecule has 2 atom stereocenters. The van der Waals surface area contributed by atoms with Crippen molar-refractivity contribution in [2.45, 2.75) is 88.9 Å². The summed E-state index contributed by atoms with van der Waals surface area (Å²) in [6.07, 6.45) is -0.354. The zero-order chi connectivity index (χ0) is 23.3. The smallest absolute Gasteiger partial charge is 0.390 e. The number of halogens is 3. The number of hydrogen-bond acceptors (Lipinski definition) is 5. The number of alkyl halides is 3. The van der Waals surface area contributed by atoms with Crippen molar-refractivity contribution in [2.75, 3.05) is 6.61 Å². The van der Waals surface area contributed by atoms with E-state index in [2.05, 4.69) is 4.98 Å². The first-order chi connectivity index (χ1) is 14.7. The van der Waals surface area contributed by atoms with Crippen LogP contribution in [0.4, 0.5) is 13.2 Å². The minimum atomic E-state index is -4.85. The van der Waals surface area contributed by atoms with Crippen LogP contribution in [0.25, 0.3) is 11.4 Å². The van der Waals surface area contributed by atoms with Gasteiger partial charge in [-0.25, -0.2) is 4.98 Å². The van der Waals surface area contributed by atoms with Crippen molar-refractivity contribution in [3.05, 3.63) is 23.8 Å². The summed E-state index contributed by atoms with van der Waals surface area (Å²) in [4.78, 5) is 3.98. The normalized spacial score (nSPS) is 31.8. The summed E-state index contributed by atoms with van der Waals surface area (Å²) in [6.45, 7) is 7.01. The van der Waals surface area contributed by atoms with Gasteiger partial charge in [-0.2, -0.15) is 18.3 Å². The van der Waals surface area contributed by atoms with Crippen molar-refractivity contribution in [1.29, 1.82) is 0 Å². The van der Waals surface area contributed by atoms with Crippen molar-refractivity contribution < 1.29 is 28.1 Å². The molecule has 0 unspecified atom stereocenters. The molecule has 2 bridgehead atoms. The number of ether oxygens (including phenoxy) is 1. The topological polar surface area (TPSA) is 85.3 Å². The van der Waals surface area contributed by atoms with Gasteiger partial charge in [0.25, 0.3) is 0 Å². The molecule has 0 amide bonds. The third kappa shape index (κ3) is 2.78. The highest BCUT2D eigenvalue weighted by molar-refractivity contribution is 5.58. The van der Waals surface area contributed by atoms with Crippen LogP contribution >= 0.6 is 0 Å². The van der Waals surface area contributed by atoms with Gasteiger partial charge in [0.05, 0.1) is 48.1 Å². The van der Waals surface area contributed by atoms with E-state index in [0.29, 0.717) is 24.5 Å². The van der Waals surface area contributed by atoms with Crippen LogP contribution in [0.5, 0.6) is 0 Å². The van der Waals surface area contributed by atoms with Crippen LogP contribution in [-0.2, 0) is 22.5 Å². The van der Waals surface area contributed by atoms with Crippen LogP contribution in [0.3, 0.4) is 0 Å². The van der Waals surface area contributed by atoms with E-state index < -0.39 is 28.8 Å². The molecular weight excluding hydrogens is 425 g/mol. The summed E-state index contributed by atoms with van der Waals surface area (Å²) in [6, 6.07) is 1.52. The standard InChI is InChI=1S/C22H29F3N4O3/c1-13-11-28-14(15-10-26-17(29(13)15)19(4,31)22(23,24)25)9-16(27-28)21-7-5-20(6-8-21,12-32-21)18(2,3)30/h9-10,13,30-31H,5-8,11-12H2,1-4H3/t13-,19+,20?,21?/m0/s1. The third-order valence-electron chi connectivity index (χ3n) is 8.11. The third-order valence-corrected chi connectivity index (χ3v) is 8.11. The Labute approximate surface area is 184 Å². The Balaban J connectivity index is 1.52. The summed E-state index contributed by atoms with van der Waals surface area (Å²) < 4.78 is 50.1. The number of nitrogens with zero attached hydrogens (tertiary/aromatic N) is 4. The van der Waals surface area contributed by atoms with Crippen molar-refractivity contribution in [1.82, 2.24) is 19.3 Å². The Hall–Kier alpha value is -1.91. The highest BCUT2D eigenvalue weighted by Gasteiger charge is 2.58. The fraction of sp³-hybridized carbons (Fsp3) is 0.727. The van der Waals surface area contributed by atoms with Gasteiger partial charge in [-0.3, -0.25) is 4.68 Å². The SMILES string of the molecule is C[C@H]1Cn2nc(C34CCC(C(C)(C)O)(CC3)CO4)cc2-c2cnc([C@@](C)(O)C(F)(F)F)n21. The maximum Gasteiger partial charge on any atom is 0.424 e. The molecule has 4 aliphatic rings. The second-order valence-corrected chi connectivity index (χ2v) is 10.5. The number of hydrogen-bond donors (Lipinski definition) is 2. The lowest BCUT2D eigenvalue weighted by molar-refractivity contribution is -0.262. The molecule has 0 aromatic carbocycles. The molecule has 3 fully saturated rings. The molecule has 1 saturated carbocycles. The summed E-state index contributed by atoms with van der Waals surface area (Å²) in [5.74, 6) is -0.416. The van der Waals surface area contributed by atoms with E-state index in [1.807, 2.05) is 19.9 Å². The fourth-order valence-electron chi connectivity index (χ4n) is 5.62. The fourth-order valence-corrected chi connectivity index (χ4v) is 5.62. The molecule has 0 radical (unpaired) electrons. The lowest BCUT2D eigenvalue weighted by atomic mass is 9.59. The van der Waals surface area contributed by atoms with E-state index in [-0.39, 0.29) is 11.5 Å². The Morgan fingerprint density at radius 1 is 1.09 bits per heavy atom. The molecule has 2 aromatic heterocycles. The molecule has 6 rings (SSSR count). The lowest BCUT2D eigenvalue weighted by Gasteiger charge is -2.56. The predicted molar refractivity (Wildman–Crippen MR) is 109 cm³/mol. The van der Waals surface area contributed by atoms with Gasteiger partial charge in [0.2, 0.25) is 5.60 Å². The molecule has 7 nitrogen and oxygen atoms in total. The zero-order valence-electron chi connectivity index (χ0n) is 18.7. The monoisotopic (exact) mass is 454 g/mol. The van der Waals surface area contributed by atoms with E-state index in [4.69, 9.17) is 9.84 Å². The first-order valence-corrected chi connectivity index (χ1v) is 11.0. The molecule has 1 aliphatic carbocycles. The number of rotatable bonds is 3. The van der Waals surface area contributed by atoms with Crippen LogP contribution < -0.4 is 0 Å². The van der Waals surface area contributed by atoms with Crippen LogP contribution in [-0.4, -0.2) is 47.9 Å². The molecule has 0 spiro atoms. The molecule has 10 heteroatoms. The maximum absolute atomic E-state index is 13.5. The summed E-state index contributed by atoms with van der Waals surface area (Å²) >= 11 is 0. The summed E-state index contributed by atoms with van der Waals surface area (Å²) in [7, 11) is 0. The first-order valence-electron chi connectivity index (χ1n) is 11.0. The minimum Gasteiger partial charge on any atom is -0.390 e. The molecule has 2 aromatic rings. The van der Waals surface area contributed by atoms with E-state index in [9.17, 15) is 23.4 Å². The molecule has 2 saturated heterocycles. The summed E-state index contributed by atoms with van der Waals surface area (Å²) in [5, 5.41) is 25.7. The molecule has 5 heterocycles. The Kier molecular flexibility index (Phi) is 4.35. The number of aliphatic hydroxyl groups is 2. The quantitative estimate of drug-likeness (QED) is 0.740. The van der Waals surface area contributed by atoms with Crippen LogP contribution in [0.2, 0.25) is 0 Å². The average Bonchev–Trinajstić information content (AvgIpc) is 3.33. The zero-order valence-corrected chi connectivity index (χ0v) is 18.7. The van der Waals surface area contributed by atoms with Crippen molar-refractivity contribution in [3.63, 3.8) is 0 Å². The van der Waals surface area contributed by atoms with Crippen molar-refractivity contribution in [2.24, 2.45) is 5.41 Å². The molecule has 176 valence electrons. The van der Waals surface area contributed by atoms with Gasteiger partial charge >= 0.3 is 6.18 Å². The maximum atomic E-state index is 13.5. The highest BCUT2D eigenvalue weighted by Crippen LogP contribution is 2.57. The Morgan fingerprint density at radius 3 is 2.28 bits per heavy atom. The minimum absolute atomic E-state index is 0.265. The van der Waals surface area contributed by atoms with E-state index in [0.717, 1.165) is 38.3 Å². The number of fused-ring (bicyclic) bond motifs is 6. The van der Waals surface area contributed by atoms with Crippen LogP contribution in [0, 0.1) is 5.41 Å². The first kappa shape index (κ1) is 21.9. The van der Waals surface area contributed by atoms with Gasteiger partial charge in [0.1, 0.15) is 5.60 Å². The molecular formula is C22H29F3N4O3. The van der Waals surface area contributed by atoms with Gasteiger partial charge in [-0.15, -0.1) is 0 Å². The van der Waals surface area contributed by atoms with E-state index >= 15 is 0 Å². The average molecular weight is 454 g/mol. The van der Waals surface area contributed by atoms with Crippen molar-refractivity contribution in [3.8, 4) is 11.4 Å². The Morgan fingerprint density at radius 2 is 1.75 bits per heavy atom. The van der Waals surface area contributed by atoms with E-state index in [1.54, 1.807) is 11.6 Å². The molecule has 2 N–H and O–H groups in total. The van der Waals surface area contributed by atoms with Gasteiger partial charge < -0.3 is 19.5 Å². The largest absolute Gasteiger partial charge is 0.424 e. The highest BCUT2D eigenvalue weighted by atomic mass is 19.4. The van der Waals surface area contributed by atoms with Gasteiger partial charge in [-0.05, 0) is 59.4 Å². The lowest BCUT2D eigenvalue weighted by Crippen LogP contribution is -2.58. The number of aromatic nitrogens is 4. The predicted octanol–water partition coefficient (Wildman–Crippen LogP) is 3.65. The molecule has 32 heavy (non-hydrogen) atoms. The second kappa shape index (κ2) is 6.36. The summed E-state index contributed by atoms with van der Waals surface area (Å²) in [5.41, 5.74) is -2.78. The van der Waals surface area contributed by atoms with Crippen LogP contribution in [0.15, 0.2) is 12.3 Å². The Bertz CT molecular complexity index is 1040. The second-order valence-electron chi connectivity index (χ2n) is 10.5. The number of imidazole rings is 1. The van der Waals surface area contributed by atoms with Gasteiger partial charge in [0, 0.05) is 5.41 Å². The van der Waals surface area contributed by atoms with Crippen LogP contribution in [0.1, 0.15) is 70.9 Å². The van der Waals surface area contributed by atoms with Gasteiger partial charge in [0.15, 0.2) is 5.82 Å². The molecule has 3 aliphatic heterocycles.